The monoisotopic (exact) mass is 278 g/mol. The molecule has 104 valence electrons. The summed E-state index contributed by atoms with van der Waals surface area (Å²) in [5.41, 5.74) is 1.03. The first-order valence-corrected chi connectivity index (χ1v) is 8.17. The lowest BCUT2D eigenvalue weighted by atomic mass is 9.78. The molecular weight excluding hydrogens is 256 g/mol. The van der Waals surface area contributed by atoms with Gasteiger partial charge in [-0.3, -0.25) is 0 Å². The van der Waals surface area contributed by atoms with Crippen LogP contribution in [0.15, 0.2) is 6.20 Å². The van der Waals surface area contributed by atoms with Gasteiger partial charge < -0.3 is 5.32 Å². The van der Waals surface area contributed by atoms with Crippen molar-refractivity contribution >= 4 is 21.4 Å². The van der Waals surface area contributed by atoms with Gasteiger partial charge in [-0.05, 0) is 32.1 Å². The van der Waals surface area contributed by atoms with Crippen molar-refractivity contribution in [2.75, 3.05) is 5.32 Å². The van der Waals surface area contributed by atoms with Crippen LogP contribution in [0.1, 0.15) is 51.1 Å². The van der Waals surface area contributed by atoms with E-state index in [1.807, 2.05) is 17.6 Å². The molecule has 0 aromatic carbocycles. The number of imidazole rings is 1. The third-order valence-corrected chi connectivity index (χ3v) is 4.91. The van der Waals surface area contributed by atoms with Gasteiger partial charge in [0, 0.05) is 6.04 Å². The first-order chi connectivity index (χ1) is 9.26. The Balaban J connectivity index is 1.70. The zero-order chi connectivity index (χ0) is 13.2. The van der Waals surface area contributed by atoms with E-state index in [0.717, 1.165) is 21.7 Å². The molecule has 0 aliphatic heterocycles. The molecule has 1 atom stereocenters. The van der Waals surface area contributed by atoms with Gasteiger partial charge >= 0.3 is 0 Å². The van der Waals surface area contributed by atoms with Crippen LogP contribution in [0.25, 0.3) is 4.96 Å². The highest BCUT2D eigenvalue weighted by atomic mass is 32.1. The molecule has 3 rings (SSSR count). The maximum absolute atomic E-state index is 4.58. The highest BCUT2D eigenvalue weighted by Crippen LogP contribution is 2.34. The summed E-state index contributed by atoms with van der Waals surface area (Å²) < 4.78 is 1.89. The summed E-state index contributed by atoms with van der Waals surface area (Å²) in [4.78, 5) is 5.45. The number of nitrogens with one attached hydrogen (secondary N) is 1. The predicted molar refractivity (Wildman–Crippen MR) is 79.9 cm³/mol. The van der Waals surface area contributed by atoms with E-state index in [1.165, 1.54) is 38.5 Å². The molecule has 1 fully saturated rings. The van der Waals surface area contributed by atoms with E-state index >= 15 is 0 Å². The highest BCUT2D eigenvalue weighted by Gasteiger charge is 2.27. The van der Waals surface area contributed by atoms with Crippen molar-refractivity contribution in [2.45, 2.75) is 58.4 Å². The minimum Gasteiger partial charge on any atom is -0.357 e. The first-order valence-electron chi connectivity index (χ1n) is 7.35. The van der Waals surface area contributed by atoms with Gasteiger partial charge in [0.15, 0.2) is 0 Å². The zero-order valence-corrected chi connectivity index (χ0v) is 12.5. The van der Waals surface area contributed by atoms with E-state index in [9.17, 15) is 0 Å². The standard InChI is InChI=1S/C14H22N4S/c1-3-4-8-12(11-6-5-7-11)16-13-17-18-9-10(2)15-14(18)19-13/h9,11-12H,3-8H2,1-2H3,(H,16,17). The Bertz CT molecular complexity index is 509. The van der Waals surface area contributed by atoms with Crippen LogP contribution in [-0.2, 0) is 0 Å². The molecule has 5 heteroatoms. The number of hydrogen-bond acceptors (Lipinski definition) is 4. The van der Waals surface area contributed by atoms with E-state index in [1.54, 1.807) is 11.3 Å². The van der Waals surface area contributed by atoms with Crippen molar-refractivity contribution in [3.05, 3.63) is 11.9 Å². The van der Waals surface area contributed by atoms with Crippen molar-refractivity contribution in [1.29, 1.82) is 0 Å². The smallest absolute Gasteiger partial charge is 0.214 e. The molecule has 2 aromatic rings. The Morgan fingerprint density at radius 2 is 2.37 bits per heavy atom. The van der Waals surface area contributed by atoms with E-state index in [2.05, 4.69) is 22.3 Å². The molecular formula is C14H22N4S. The van der Waals surface area contributed by atoms with Gasteiger partial charge in [-0.2, -0.15) is 0 Å². The lowest BCUT2D eigenvalue weighted by molar-refractivity contribution is 0.263. The zero-order valence-electron chi connectivity index (χ0n) is 11.7. The maximum atomic E-state index is 4.58. The molecule has 1 aliphatic carbocycles. The summed E-state index contributed by atoms with van der Waals surface area (Å²) in [6.07, 6.45) is 9.98. The fraction of sp³-hybridized carbons (Fsp3) is 0.714. The van der Waals surface area contributed by atoms with Crippen molar-refractivity contribution in [3.63, 3.8) is 0 Å². The maximum Gasteiger partial charge on any atom is 0.214 e. The molecule has 1 aliphatic rings. The van der Waals surface area contributed by atoms with Crippen molar-refractivity contribution in [2.24, 2.45) is 5.92 Å². The average molecular weight is 278 g/mol. The van der Waals surface area contributed by atoms with E-state index in [4.69, 9.17) is 0 Å². The normalized spacial score (nSPS) is 17.6. The Labute approximate surface area is 118 Å². The molecule has 2 aromatic heterocycles. The quantitative estimate of drug-likeness (QED) is 0.872. The second-order valence-electron chi connectivity index (χ2n) is 5.60. The second-order valence-corrected chi connectivity index (χ2v) is 6.56. The lowest BCUT2D eigenvalue weighted by Gasteiger charge is -2.34. The van der Waals surface area contributed by atoms with Crippen LogP contribution in [0, 0.1) is 12.8 Å². The Morgan fingerprint density at radius 3 is 3.00 bits per heavy atom. The number of rotatable bonds is 6. The van der Waals surface area contributed by atoms with E-state index < -0.39 is 0 Å². The molecule has 4 nitrogen and oxygen atoms in total. The third kappa shape index (κ3) is 2.76. The third-order valence-electron chi connectivity index (χ3n) is 4.06. The number of hydrogen-bond donors (Lipinski definition) is 1. The van der Waals surface area contributed by atoms with Crippen LogP contribution in [0.2, 0.25) is 0 Å². The van der Waals surface area contributed by atoms with Gasteiger partial charge in [0.1, 0.15) is 0 Å². The number of aryl methyl sites for hydroxylation is 1. The SMILES string of the molecule is CCCCC(Nc1nn2cc(C)nc2s1)C1CCC1. The Hall–Kier alpha value is -1.10. The fourth-order valence-corrected chi connectivity index (χ4v) is 3.61. The molecule has 0 spiro atoms. The Kier molecular flexibility index (Phi) is 3.73. The summed E-state index contributed by atoms with van der Waals surface area (Å²) >= 11 is 1.66. The lowest BCUT2D eigenvalue weighted by Crippen LogP contribution is -2.33. The topological polar surface area (TPSA) is 42.2 Å². The van der Waals surface area contributed by atoms with Gasteiger partial charge in [-0.25, -0.2) is 9.50 Å². The molecule has 2 heterocycles. The number of nitrogens with zero attached hydrogens (tertiary/aromatic N) is 3. The number of anilines is 1. The molecule has 1 saturated carbocycles. The van der Waals surface area contributed by atoms with E-state index in [0.29, 0.717) is 6.04 Å². The van der Waals surface area contributed by atoms with Gasteiger partial charge in [-0.1, -0.05) is 37.5 Å². The van der Waals surface area contributed by atoms with Crippen LogP contribution in [0.5, 0.6) is 0 Å². The second kappa shape index (κ2) is 5.49. The predicted octanol–water partition coefficient (Wildman–Crippen LogP) is 3.87. The van der Waals surface area contributed by atoms with Crippen LogP contribution in [-0.4, -0.2) is 20.6 Å². The number of unbranched alkanes of at least 4 members (excludes halogenated alkanes) is 1. The molecule has 0 amide bonds. The largest absolute Gasteiger partial charge is 0.357 e. The van der Waals surface area contributed by atoms with Gasteiger partial charge in [0.2, 0.25) is 10.1 Å². The van der Waals surface area contributed by atoms with Crippen LogP contribution in [0.4, 0.5) is 5.13 Å². The molecule has 19 heavy (non-hydrogen) atoms. The minimum absolute atomic E-state index is 0.602. The molecule has 1 unspecified atom stereocenters. The molecule has 1 N–H and O–H groups in total. The van der Waals surface area contributed by atoms with Crippen molar-refractivity contribution in [3.8, 4) is 0 Å². The van der Waals surface area contributed by atoms with E-state index in [-0.39, 0.29) is 0 Å². The summed E-state index contributed by atoms with van der Waals surface area (Å²) in [5, 5.41) is 9.26. The van der Waals surface area contributed by atoms with Crippen molar-refractivity contribution in [1.82, 2.24) is 14.6 Å². The number of aromatic nitrogens is 3. The summed E-state index contributed by atoms with van der Waals surface area (Å²) in [6.45, 7) is 4.27. The molecule has 0 saturated heterocycles. The Morgan fingerprint density at radius 1 is 1.53 bits per heavy atom. The summed E-state index contributed by atoms with van der Waals surface area (Å²) in [7, 11) is 0. The minimum atomic E-state index is 0.602. The van der Waals surface area contributed by atoms with Crippen molar-refractivity contribution < 1.29 is 0 Å². The first kappa shape index (κ1) is 12.9. The average Bonchev–Trinajstić information content (AvgIpc) is 2.79. The van der Waals surface area contributed by atoms with Crippen LogP contribution >= 0.6 is 11.3 Å². The van der Waals surface area contributed by atoms with Gasteiger partial charge in [-0.15, -0.1) is 5.10 Å². The number of fused-ring (bicyclic) bond motifs is 1. The fourth-order valence-electron chi connectivity index (χ4n) is 2.72. The van der Waals surface area contributed by atoms with Crippen LogP contribution < -0.4 is 5.32 Å². The molecule has 0 radical (unpaired) electrons. The van der Waals surface area contributed by atoms with Gasteiger partial charge in [0.05, 0.1) is 11.9 Å². The molecule has 0 bridgehead atoms. The summed E-state index contributed by atoms with van der Waals surface area (Å²) in [5.74, 6) is 0.851. The van der Waals surface area contributed by atoms with Gasteiger partial charge in [0.25, 0.3) is 0 Å². The van der Waals surface area contributed by atoms with Crippen LogP contribution in [0.3, 0.4) is 0 Å². The summed E-state index contributed by atoms with van der Waals surface area (Å²) in [6, 6.07) is 0.602. The highest BCUT2D eigenvalue weighted by molar-refractivity contribution is 7.20.